The van der Waals surface area contributed by atoms with Crippen LogP contribution in [0.15, 0.2) is 24.3 Å². The quantitative estimate of drug-likeness (QED) is 0.760. The van der Waals surface area contributed by atoms with Gasteiger partial charge in [0.15, 0.2) is 0 Å². The lowest BCUT2D eigenvalue weighted by Crippen LogP contribution is -2.15. The van der Waals surface area contributed by atoms with Crippen molar-refractivity contribution in [3.63, 3.8) is 0 Å². The van der Waals surface area contributed by atoms with Crippen molar-refractivity contribution in [3.8, 4) is 12.3 Å². The summed E-state index contributed by atoms with van der Waals surface area (Å²) in [4.78, 5) is 10.9. The van der Waals surface area contributed by atoms with Crippen LogP contribution in [0.25, 0.3) is 0 Å². The van der Waals surface area contributed by atoms with Gasteiger partial charge in [-0.25, -0.2) is 0 Å². The summed E-state index contributed by atoms with van der Waals surface area (Å²) in [5, 5.41) is 8.94. The Morgan fingerprint density at radius 1 is 1.60 bits per heavy atom. The second-order valence-corrected chi connectivity index (χ2v) is 3.64. The molecule has 78 valence electrons. The third-order valence-corrected chi connectivity index (χ3v) is 2.28. The first kappa shape index (κ1) is 11.3. The monoisotopic (exact) mass is 202 g/mol. The van der Waals surface area contributed by atoms with E-state index < -0.39 is 11.9 Å². The normalized spacial score (nSPS) is 11.7. The van der Waals surface area contributed by atoms with E-state index in [1.165, 1.54) is 0 Å². The van der Waals surface area contributed by atoms with Gasteiger partial charge in [-0.3, -0.25) is 4.79 Å². The molecule has 0 fully saturated rings. The van der Waals surface area contributed by atoms with E-state index in [9.17, 15) is 4.79 Å². The van der Waals surface area contributed by atoms with Gasteiger partial charge in [-0.05, 0) is 18.9 Å². The molecule has 1 aromatic carbocycles. The highest BCUT2D eigenvalue weighted by Gasteiger charge is 2.16. The van der Waals surface area contributed by atoms with Gasteiger partial charge in [-0.2, -0.15) is 0 Å². The summed E-state index contributed by atoms with van der Waals surface area (Å²) in [6, 6.07) is 7.84. The third kappa shape index (κ3) is 3.47. The number of aryl methyl sites for hydroxylation is 1. The minimum absolute atomic E-state index is 0.281. The average Bonchev–Trinajstić information content (AvgIpc) is 2.17. The van der Waals surface area contributed by atoms with E-state index in [1.807, 2.05) is 31.2 Å². The van der Waals surface area contributed by atoms with E-state index in [-0.39, 0.29) is 6.42 Å². The van der Waals surface area contributed by atoms with Crippen molar-refractivity contribution >= 4 is 5.97 Å². The van der Waals surface area contributed by atoms with Gasteiger partial charge in [0.2, 0.25) is 0 Å². The van der Waals surface area contributed by atoms with Crippen LogP contribution in [-0.4, -0.2) is 11.1 Å². The standard InChI is InChI=1S/C13H14O2/c1-3-5-12(13(14)15)9-11-7-4-6-10(2)8-11/h1,4,6-8,12H,5,9H2,2H3,(H,14,15). The van der Waals surface area contributed by atoms with Crippen LogP contribution in [0.2, 0.25) is 0 Å². The fraction of sp³-hybridized carbons (Fsp3) is 0.308. The maximum absolute atomic E-state index is 10.9. The van der Waals surface area contributed by atoms with Crippen LogP contribution in [0.1, 0.15) is 17.5 Å². The lowest BCUT2D eigenvalue weighted by Gasteiger charge is -2.09. The first-order valence-electron chi connectivity index (χ1n) is 4.85. The largest absolute Gasteiger partial charge is 0.481 e. The van der Waals surface area contributed by atoms with Crippen molar-refractivity contribution < 1.29 is 9.90 Å². The highest BCUT2D eigenvalue weighted by atomic mass is 16.4. The summed E-state index contributed by atoms with van der Waals surface area (Å²) >= 11 is 0. The summed E-state index contributed by atoms with van der Waals surface area (Å²) in [7, 11) is 0. The minimum Gasteiger partial charge on any atom is -0.481 e. The molecule has 1 atom stereocenters. The topological polar surface area (TPSA) is 37.3 Å². The minimum atomic E-state index is -0.825. The molecule has 1 unspecified atom stereocenters. The van der Waals surface area contributed by atoms with Crippen LogP contribution < -0.4 is 0 Å². The first-order valence-corrected chi connectivity index (χ1v) is 4.85. The molecule has 0 radical (unpaired) electrons. The van der Waals surface area contributed by atoms with Gasteiger partial charge in [0.25, 0.3) is 0 Å². The number of hydrogen-bond acceptors (Lipinski definition) is 1. The lowest BCUT2D eigenvalue weighted by atomic mass is 9.96. The Morgan fingerprint density at radius 2 is 2.33 bits per heavy atom. The molecule has 0 spiro atoms. The molecule has 0 amide bonds. The predicted octanol–water partition coefficient (Wildman–Crippen LogP) is 2.26. The Hall–Kier alpha value is -1.75. The number of carbonyl (C=O) groups is 1. The number of carboxylic acid groups (broad SMARTS) is 1. The van der Waals surface area contributed by atoms with Crippen molar-refractivity contribution in [2.75, 3.05) is 0 Å². The molecule has 15 heavy (non-hydrogen) atoms. The Bertz CT molecular complexity index is 388. The number of benzene rings is 1. The lowest BCUT2D eigenvalue weighted by molar-refractivity contribution is -0.141. The van der Waals surface area contributed by atoms with E-state index in [1.54, 1.807) is 0 Å². The maximum atomic E-state index is 10.9. The van der Waals surface area contributed by atoms with Gasteiger partial charge in [-0.1, -0.05) is 29.8 Å². The number of rotatable bonds is 4. The zero-order valence-electron chi connectivity index (χ0n) is 8.73. The van der Waals surface area contributed by atoms with Crippen LogP contribution in [0, 0.1) is 25.2 Å². The second kappa shape index (κ2) is 5.21. The summed E-state index contributed by atoms with van der Waals surface area (Å²) in [6.45, 7) is 1.99. The van der Waals surface area contributed by atoms with Gasteiger partial charge in [0.05, 0.1) is 5.92 Å². The van der Waals surface area contributed by atoms with Gasteiger partial charge in [-0.15, -0.1) is 12.3 Å². The molecule has 0 aliphatic carbocycles. The summed E-state index contributed by atoms with van der Waals surface area (Å²) in [6.07, 6.45) is 5.92. The van der Waals surface area contributed by atoms with Gasteiger partial charge < -0.3 is 5.11 Å². The van der Waals surface area contributed by atoms with Gasteiger partial charge in [0, 0.05) is 6.42 Å². The Balaban J connectivity index is 2.75. The molecule has 0 bridgehead atoms. The highest BCUT2D eigenvalue weighted by Crippen LogP contribution is 2.13. The Morgan fingerprint density at radius 3 is 2.87 bits per heavy atom. The molecular formula is C13H14O2. The molecule has 0 aliphatic heterocycles. The average molecular weight is 202 g/mol. The smallest absolute Gasteiger partial charge is 0.307 e. The van der Waals surface area contributed by atoms with Crippen molar-refractivity contribution in [2.45, 2.75) is 19.8 Å². The molecule has 2 heteroatoms. The predicted molar refractivity (Wildman–Crippen MR) is 59.5 cm³/mol. The summed E-state index contributed by atoms with van der Waals surface area (Å²) in [5.41, 5.74) is 2.16. The van der Waals surface area contributed by atoms with Crippen LogP contribution in [-0.2, 0) is 11.2 Å². The van der Waals surface area contributed by atoms with Crippen molar-refractivity contribution in [1.82, 2.24) is 0 Å². The molecule has 0 aliphatic rings. The molecule has 2 nitrogen and oxygen atoms in total. The zero-order chi connectivity index (χ0) is 11.3. The molecule has 1 aromatic rings. The zero-order valence-corrected chi connectivity index (χ0v) is 8.73. The number of carboxylic acids is 1. The van der Waals surface area contributed by atoms with E-state index in [2.05, 4.69) is 5.92 Å². The molecule has 0 aromatic heterocycles. The fourth-order valence-corrected chi connectivity index (χ4v) is 1.51. The van der Waals surface area contributed by atoms with E-state index in [0.717, 1.165) is 11.1 Å². The van der Waals surface area contributed by atoms with Crippen molar-refractivity contribution in [3.05, 3.63) is 35.4 Å². The van der Waals surface area contributed by atoms with Crippen LogP contribution >= 0.6 is 0 Å². The summed E-state index contributed by atoms with van der Waals surface area (Å²) in [5.74, 6) is 1.10. The molecule has 0 saturated carbocycles. The second-order valence-electron chi connectivity index (χ2n) is 3.64. The van der Waals surface area contributed by atoms with Crippen molar-refractivity contribution in [1.29, 1.82) is 0 Å². The molecule has 0 saturated heterocycles. The van der Waals surface area contributed by atoms with E-state index >= 15 is 0 Å². The molecular weight excluding hydrogens is 188 g/mol. The third-order valence-electron chi connectivity index (χ3n) is 2.28. The van der Waals surface area contributed by atoms with E-state index in [4.69, 9.17) is 11.5 Å². The van der Waals surface area contributed by atoms with Crippen LogP contribution in [0.3, 0.4) is 0 Å². The van der Waals surface area contributed by atoms with Crippen LogP contribution in [0.5, 0.6) is 0 Å². The number of hydrogen-bond donors (Lipinski definition) is 1. The fourth-order valence-electron chi connectivity index (χ4n) is 1.51. The Kier molecular flexibility index (Phi) is 3.93. The highest BCUT2D eigenvalue weighted by molar-refractivity contribution is 5.70. The van der Waals surface area contributed by atoms with Gasteiger partial charge in [0.1, 0.15) is 0 Å². The molecule has 0 heterocycles. The number of terminal acetylenes is 1. The molecule has 1 rings (SSSR count). The maximum Gasteiger partial charge on any atom is 0.307 e. The Labute approximate surface area is 89.9 Å². The SMILES string of the molecule is C#CCC(Cc1cccc(C)c1)C(=O)O. The van der Waals surface area contributed by atoms with Crippen molar-refractivity contribution in [2.24, 2.45) is 5.92 Å². The van der Waals surface area contributed by atoms with Gasteiger partial charge >= 0.3 is 5.97 Å². The number of aliphatic carboxylic acids is 1. The van der Waals surface area contributed by atoms with Crippen LogP contribution in [0.4, 0.5) is 0 Å². The first-order chi connectivity index (χ1) is 7.13. The molecule has 1 N–H and O–H groups in total. The summed E-state index contributed by atoms with van der Waals surface area (Å²) < 4.78 is 0. The van der Waals surface area contributed by atoms with E-state index in [0.29, 0.717) is 6.42 Å².